The average Bonchev–Trinajstić information content (AvgIpc) is 3.21. The van der Waals surface area contributed by atoms with Crippen molar-refractivity contribution < 1.29 is 4.52 Å². The van der Waals surface area contributed by atoms with Crippen LogP contribution >= 0.6 is 11.6 Å². The minimum absolute atomic E-state index is 0.401. The summed E-state index contributed by atoms with van der Waals surface area (Å²) >= 11 is 6.57. The molecule has 0 N–H and O–H groups in total. The number of nitrogens with zero attached hydrogens (tertiary/aromatic N) is 3. The molecule has 2 fully saturated rings. The molecule has 2 aliphatic heterocycles. The van der Waals surface area contributed by atoms with E-state index in [1.807, 2.05) is 13.1 Å². The summed E-state index contributed by atoms with van der Waals surface area (Å²) in [6.45, 7) is 6.30. The van der Waals surface area contributed by atoms with Crippen molar-refractivity contribution in [3.05, 3.63) is 40.4 Å². The zero-order valence-electron chi connectivity index (χ0n) is 13.8. The van der Waals surface area contributed by atoms with Crippen LogP contribution in [0.4, 0.5) is 5.82 Å². The van der Waals surface area contributed by atoms with Gasteiger partial charge in [-0.05, 0) is 43.7 Å². The van der Waals surface area contributed by atoms with Crippen LogP contribution in [-0.2, 0) is 0 Å². The van der Waals surface area contributed by atoms with Crippen LogP contribution in [0, 0.1) is 6.92 Å². The van der Waals surface area contributed by atoms with Gasteiger partial charge in [-0.2, -0.15) is 0 Å². The number of pyridine rings is 1. The summed E-state index contributed by atoms with van der Waals surface area (Å²) in [5, 5.41) is 4.82. The van der Waals surface area contributed by atoms with Crippen molar-refractivity contribution in [2.24, 2.45) is 0 Å². The first-order valence-electron chi connectivity index (χ1n) is 8.41. The van der Waals surface area contributed by atoms with Crippen molar-refractivity contribution in [3.8, 4) is 0 Å². The molecule has 2 bridgehead atoms. The lowest BCUT2D eigenvalue weighted by molar-refractivity contribution is 0.336. The highest BCUT2D eigenvalue weighted by Crippen LogP contribution is 2.49. The summed E-state index contributed by atoms with van der Waals surface area (Å²) in [5.74, 6) is 2.78. The first-order chi connectivity index (χ1) is 11.0. The Morgan fingerprint density at radius 3 is 2.78 bits per heavy atom. The number of hydrogen-bond acceptors (Lipinski definition) is 4. The van der Waals surface area contributed by atoms with Crippen LogP contribution in [0.5, 0.6) is 0 Å². The Hall–Kier alpha value is -1.55. The fourth-order valence-electron chi connectivity index (χ4n) is 4.13. The summed E-state index contributed by atoms with van der Waals surface area (Å²) < 4.78 is 5.54. The Balaban J connectivity index is 1.65. The molecule has 0 unspecified atom stereocenters. The molecule has 2 aromatic heterocycles. The van der Waals surface area contributed by atoms with E-state index in [2.05, 4.69) is 36.0 Å². The monoisotopic (exact) mass is 331 g/mol. The van der Waals surface area contributed by atoms with Crippen LogP contribution in [0.3, 0.4) is 0 Å². The number of halogens is 1. The Morgan fingerprint density at radius 2 is 2.13 bits per heavy atom. The third-order valence-electron chi connectivity index (χ3n) is 5.30. The van der Waals surface area contributed by atoms with E-state index in [9.17, 15) is 0 Å². The molecule has 122 valence electrons. The van der Waals surface area contributed by atoms with E-state index in [4.69, 9.17) is 21.1 Å². The number of anilines is 1. The van der Waals surface area contributed by atoms with Gasteiger partial charge in [-0.25, -0.2) is 4.98 Å². The van der Waals surface area contributed by atoms with Crippen molar-refractivity contribution >= 4 is 17.4 Å². The first kappa shape index (κ1) is 15.0. The van der Waals surface area contributed by atoms with Gasteiger partial charge in [-0.1, -0.05) is 30.6 Å². The topological polar surface area (TPSA) is 42.2 Å². The zero-order valence-corrected chi connectivity index (χ0v) is 14.5. The average molecular weight is 332 g/mol. The third kappa shape index (κ3) is 2.44. The van der Waals surface area contributed by atoms with Crippen LogP contribution in [0.25, 0.3) is 0 Å². The highest BCUT2D eigenvalue weighted by molar-refractivity contribution is 6.33. The predicted octanol–water partition coefficient (Wildman–Crippen LogP) is 4.68. The summed E-state index contributed by atoms with van der Waals surface area (Å²) in [6, 6.07) is 5.06. The normalized spacial score (nSPS) is 26.5. The lowest BCUT2D eigenvalue weighted by atomic mass is 9.87. The number of rotatable bonds is 3. The molecule has 4 rings (SSSR count). The van der Waals surface area contributed by atoms with Gasteiger partial charge in [-0.3, -0.25) is 0 Å². The van der Waals surface area contributed by atoms with Gasteiger partial charge < -0.3 is 9.42 Å². The molecule has 4 heterocycles. The molecule has 0 aromatic carbocycles. The molecule has 0 amide bonds. The van der Waals surface area contributed by atoms with Gasteiger partial charge in [-0.15, -0.1) is 0 Å². The Morgan fingerprint density at radius 1 is 1.30 bits per heavy atom. The molecule has 2 aliphatic rings. The van der Waals surface area contributed by atoms with Crippen molar-refractivity contribution in [2.75, 3.05) is 4.90 Å². The lowest BCUT2D eigenvalue weighted by Crippen LogP contribution is -2.30. The summed E-state index contributed by atoms with van der Waals surface area (Å²) in [6.07, 6.45) is 5.44. The van der Waals surface area contributed by atoms with Gasteiger partial charge in [0, 0.05) is 30.3 Å². The molecule has 4 nitrogen and oxygen atoms in total. The van der Waals surface area contributed by atoms with Crippen molar-refractivity contribution in [3.63, 3.8) is 0 Å². The van der Waals surface area contributed by atoms with Crippen molar-refractivity contribution in [1.82, 2.24) is 10.1 Å². The summed E-state index contributed by atoms with van der Waals surface area (Å²) in [4.78, 5) is 7.13. The van der Waals surface area contributed by atoms with Crippen LogP contribution in [0.15, 0.2) is 22.9 Å². The molecule has 3 atom stereocenters. The second-order valence-corrected chi connectivity index (χ2v) is 7.55. The van der Waals surface area contributed by atoms with E-state index in [-0.39, 0.29) is 0 Å². The van der Waals surface area contributed by atoms with Crippen LogP contribution in [0.1, 0.15) is 62.0 Å². The smallest absolute Gasteiger partial charge is 0.147 e. The van der Waals surface area contributed by atoms with Gasteiger partial charge in [0.25, 0.3) is 0 Å². The first-order valence-corrected chi connectivity index (χ1v) is 8.79. The zero-order chi connectivity index (χ0) is 16.1. The van der Waals surface area contributed by atoms with E-state index in [1.165, 1.54) is 18.4 Å². The highest BCUT2D eigenvalue weighted by Gasteiger charge is 2.49. The molecule has 0 saturated carbocycles. The number of aromatic nitrogens is 2. The van der Waals surface area contributed by atoms with E-state index < -0.39 is 0 Å². The maximum absolute atomic E-state index is 6.57. The lowest BCUT2D eigenvalue weighted by Gasteiger charge is -2.26. The largest absolute Gasteiger partial charge is 0.361 e. The number of fused-ring (bicyclic) bond motifs is 2. The van der Waals surface area contributed by atoms with Crippen molar-refractivity contribution in [1.29, 1.82) is 0 Å². The summed E-state index contributed by atoms with van der Waals surface area (Å²) in [7, 11) is 0. The fraction of sp³-hybridized carbons (Fsp3) is 0.556. The molecule has 5 heteroatoms. The molecule has 2 aromatic rings. The van der Waals surface area contributed by atoms with Gasteiger partial charge in [0.15, 0.2) is 0 Å². The van der Waals surface area contributed by atoms with Crippen LogP contribution in [0.2, 0.25) is 5.02 Å². The molecule has 2 saturated heterocycles. The second kappa shape index (κ2) is 5.52. The van der Waals surface area contributed by atoms with Crippen molar-refractivity contribution in [2.45, 2.75) is 64.0 Å². The predicted molar refractivity (Wildman–Crippen MR) is 91.2 cm³/mol. The molecule has 0 radical (unpaired) electrons. The molecule has 0 spiro atoms. The highest BCUT2D eigenvalue weighted by atomic mass is 35.5. The van der Waals surface area contributed by atoms with Gasteiger partial charge in [0.05, 0.1) is 10.7 Å². The van der Waals surface area contributed by atoms with Gasteiger partial charge in [0.1, 0.15) is 11.6 Å². The van der Waals surface area contributed by atoms with E-state index >= 15 is 0 Å². The molecular formula is C18H22ClN3O. The van der Waals surface area contributed by atoms with E-state index in [0.717, 1.165) is 28.7 Å². The Labute approximate surface area is 141 Å². The number of aryl methyl sites for hydroxylation is 1. The maximum atomic E-state index is 6.57. The molecular weight excluding hydrogens is 310 g/mol. The van der Waals surface area contributed by atoms with Crippen LogP contribution in [-0.4, -0.2) is 22.2 Å². The van der Waals surface area contributed by atoms with Crippen LogP contribution < -0.4 is 4.90 Å². The molecule has 0 aliphatic carbocycles. The quantitative estimate of drug-likeness (QED) is 0.819. The Bertz CT molecular complexity index is 727. The van der Waals surface area contributed by atoms with Gasteiger partial charge in [0.2, 0.25) is 0 Å². The van der Waals surface area contributed by atoms with E-state index in [1.54, 1.807) is 0 Å². The Kier molecular flexibility index (Phi) is 3.60. The third-order valence-corrected chi connectivity index (χ3v) is 5.58. The van der Waals surface area contributed by atoms with Gasteiger partial charge >= 0.3 is 0 Å². The van der Waals surface area contributed by atoms with E-state index in [0.29, 0.717) is 23.9 Å². The SMILES string of the molecule is Cc1cc([C@H]2C[C@@H]3CC[C@H]2N3c2ncc(C(C)C)cc2Cl)on1. The summed E-state index contributed by atoms with van der Waals surface area (Å²) in [5.41, 5.74) is 2.14. The maximum Gasteiger partial charge on any atom is 0.147 e. The number of hydrogen-bond donors (Lipinski definition) is 0. The minimum Gasteiger partial charge on any atom is -0.361 e. The second-order valence-electron chi connectivity index (χ2n) is 7.15. The molecule has 23 heavy (non-hydrogen) atoms. The minimum atomic E-state index is 0.401. The standard InChI is InChI=1S/C18H22ClN3O/c1-10(2)12-7-15(19)18(20-9-12)22-13-4-5-16(22)14(8-13)17-6-11(3)21-23-17/h6-7,9-10,13-14,16H,4-5,8H2,1-3H3/t13-,14-,16+/m0/s1. The fourth-order valence-corrected chi connectivity index (χ4v) is 4.41.